The van der Waals surface area contributed by atoms with Crippen LogP contribution in [0.25, 0.3) is 0 Å². The van der Waals surface area contributed by atoms with E-state index in [1.165, 1.54) is 0 Å². The minimum Gasteiger partial charge on any atom is -0.489 e. The Balaban J connectivity index is 2.05. The van der Waals surface area contributed by atoms with E-state index in [1.54, 1.807) is 6.20 Å². The van der Waals surface area contributed by atoms with Crippen molar-refractivity contribution >= 4 is 0 Å². The Labute approximate surface area is 103 Å². The quantitative estimate of drug-likeness (QED) is 0.665. The molecule has 0 saturated heterocycles. The van der Waals surface area contributed by atoms with Gasteiger partial charge in [-0.15, -0.1) is 0 Å². The molecule has 0 saturated carbocycles. The van der Waals surface area contributed by atoms with E-state index in [4.69, 9.17) is 9.47 Å². The third-order valence-electron chi connectivity index (χ3n) is 2.28. The van der Waals surface area contributed by atoms with Crippen molar-refractivity contribution in [1.29, 1.82) is 0 Å². The van der Waals surface area contributed by atoms with Gasteiger partial charge < -0.3 is 14.8 Å². The van der Waals surface area contributed by atoms with Crippen molar-refractivity contribution < 1.29 is 9.47 Å². The fourth-order valence-corrected chi connectivity index (χ4v) is 1.33. The zero-order valence-corrected chi connectivity index (χ0v) is 11.0. The monoisotopic (exact) mass is 241 g/mol. The number of aromatic nitrogens is 2. The summed E-state index contributed by atoms with van der Waals surface area (Å²) in [4.78, 5) is 0. The maximum absolute atomic E-state index is 5.56. The van der Waals surface area contributed by atoms with Crippen LogP contribution in [-0.4, -0.2) is 42.7 Å². The van der Waals surface area contributed by atoms with E-state index in [2.05, 4.69) is 24.3 Å². The summed E-state index contributed by atoms with van der Waals surface area (Å²) in [6, 6.07) is 0.372. The summed E-state index contributed by atoms with van der Waals surface area (Å²) in [5.74, 6) is 0.824. The fraction of sp³-hybridized carbons (Fsp3) is 0.750. The molecular weight excluding hydrogens is 218 g/mol. The molecule has 0 radical (unpaired) electrons. The minimum atomic E-state index is 0.372. The van der Waals surface area contributed by atoms with Gasteiger partial charge in [0.2, 0.25) is 0 Å². The summed E-state index contributed by atoms with van der Waals surface area (Å²) in [5.41, 5.74) is 0. The molecule has 0 unspecified atom stereocenters. The molecule has 1 heterocycles. The van der Waals surface area contributed by atoms with Crippen molar-refractivity contribution in [2.75, 3.05) is 32.9 Å². The van der Waals surface area contributed by atoms with Crippen LogP contribution in [0.5, 0.6) is 5.75 Å². The van der Waals surface area contributed by atoms with Crippen molar-refractivity contribution in [1.82, 2.24) is 15.1 Å². The van der Waals surface area contributed by atoms with Crippen molar-refractivity contribution in [3.05, 3.63) is 12.4 Å². The lowest BCUT2D eigenvalue weighted by Crippen LogP contribution is -2.24. The molecule has 0 aromatic carbocycles. The maximum Gasteiger partial charge on any atom is 0.157 e. The van der Waals surface area contributed by atoms with Crippen LogP contribution in [0.2, 0.25) is 0 Å². The first-order valence-electron chi connectivity index (χ1n) is 6.19. The van der Waals surface area contributed by atoms with Gasteiger partial charge in [0.25, 0.3) is 0 Å². The molecule has 0 aliphatic heterocycles. The highest BCUT2D eigenvalue weighted by molar-refractivity contribution is 5.11. The summed E-state index contributed by atoms with van der Waals surface area (Å²) in [6.45, 7) is 10.0. The molecular formula is C12H23N3O2. The van der Waals surface area contributed by atoms with Crippen molar-refractivity contribution in [2.24, 2.45) is 0 Å². The Kier molecular flexibility index (Phi) is 6.65. The van der Waals surface area contributed by atoms with Gasteiger partial charge in [0.15, 0.2) is 5.75 Å². The molecule has 17 heavy (non-hydrogen) atoms. The van der Waals surface area contributed by atoms with E-state index < -0.39 is 0 Å². The maximum atomic E-state index is 5.56. The molecule has 1 rings (SSSR count). The Morgan fingerprint density at radius 3 is 2.76 bits per heavy atom. The van der Waals surface area contributed by atoms with E-state index in [0.29, 0.717) is 12.6 Å². The molecule has 0 bridgehead atoms. The van der Waals surface area contributed by atoms with Crippen LogP contribution < -0.4 is 10.1 Å². The van der Waals surface area contributed by atoms with E-state index in [9.17, 15) is 0 Å². The summed E-state index contributed by atoms with van der Waals surface area (Å²) < 4.78 is 12.7. The van der Waals surface area contributed by atoms with Gasteiger partial charge in [0.1, 0.15) is 6.61 Å². The molecule has 1 aromatic rings. The van der Waals surface area contributed by atoms with Gasteiger partial charge in [-0.1, -0.05) is 0 Å². The predicted molar refractivity (Wildman–Crippen MR) is 67.5 cm³/mol. The largest absolute Gasteiger partial charge is 0.489 e. The number of nitrogens with one attached hydrogen (secondary N) is 1. The number of hydrogen-bond acceptors (Lipinski definition) is 4. The molecule has 0 aliphatic carbocycles. The zero-order chi connectivity index (χ0) is 12.5. The Morgan fingerprint density at radius 2 is 2.12 bits per heavy atom. The van der Waals surface area contributed by atoms with E-state index in [-0.39, 0.29) is 0 Å². The zero-order valence-electron chi connectivity index (χ0n) is 11.0. The highest BCUT2D eigenvalue weighted by Crippen LogP contribution is 2.11. The number of rotatable bonds is 9. The van der Waals surface area contributed by atoms with E-state index >= 15 is 0 Å². The normalized spacial score (nSPS) is 11.1. The van der Waals surface area contributed by atoms with E-state index in [0.717, 1.165) is 32.1 Å². The van der Waals surface area contributed by atoms with Crippen LogP contribution in [0.3, 0.4) is 0 Å². The van der Waals surface area contributed by atoms with Crippen LogP contribution in [0.15, 0.2) is 12.4 Å². The second-order valence-electron chi connectivity index (χ2n) is 4.05. The molecule has 98 valence electrons. The lowest BCUT2D eigenvalue weighted by molar-refractivity contribution is 0.148. The average Bonchev–Trinajstić information content (AvgIpc) is 2.77. The summed E-state index contributed by atoms with van der Waals surface area (Å²) in [5, 5.41) is 7.45. The Hall–Kier alpha value is -1.07. The highest BCUT2D eigenvalue weighted by Gasteiger charge is 2.01. The first-order chi connectivity index (χ1) is 8.24. The predicted octanol–water partition coefficient (Wildman–Crippen LogP) is 1.47. The second kappa shape index (κ2) is 8.08. The number of nitrogens with zero attached hydrogens (tertiary/aromatic N) is 2. The number of hydrogen-bond donors (Lipinski definition) is 1. The van der Waals surface area contributed by atoms with Gasteiger partial charge in [-0.25, -0.2) is 0 Å². The molecule has 0 spiro atoms. The van der Waals surface area contributed by atoms with Gasteiger partial charge in [-0.2, -0.15) is 5.10 Å². The standard InChI is InChI=1S/C12H23N3O2/c1-4-16-7-5-13-6-8-17-12-9-14-15(10-12)11(2)3/h9-11,13H,4-8H2,1-3H3. The van der Waals surface area contributed by atoms with Crippen LogP contribution in [-0.2, 0) is 4.74 Å². The van der Waals surface area contributed by atoms with E-state index in [1.807, 2.05) is 17.8 Å². The molecule has 0 atom stereocenters. The summed E-state index contributed by atoms with van der Waals surface area (Å²) in [6.07, 6.45) is 3.67. The first-order valence-corrected chi connectivity index (χ1v) is 6.19. The van der Waals surface area contributed by atoms with Crippen molar-refractivity contribution in [2.45, 2.75) is 26.8 Å². The fourth-order valence-electron chi connectivity index (χ4n) is 1.33. The van der Waals surface area contributed by atoms with Crippen LogP contribution in [0.4, 0.5) is 0 Å². The lowest BCUT2D eigenvalue weighted by atomic mass is 10.4. The average molecular weight is 241 g/mol. The lowest BCUT2D eigenvalue weighted by Gasteiger charge is -2.06. The van der Waals surface area contributed by atoms with Crippen LogP contribution >= 0.6 is 0 Å². The van der Waals surface area contributed by atoms with Crippen LogP contribution in [0, 0.1) is 0 Å². The first kappa shape index (κ1) is 14.0. The third kappa shape index (κ3) is 5.70. The highest BCUT2D eigenvalue weighted by atomic mass is 16.5. The Bertz CT molecular complexity index is 300. The van der Waals surface area contributed by atoms with Gasteiger partial charge in [-0.3, -0.25) is 4.68 Å². The molecule has 1 N–H and O–H groups in total. The molecule has 0 aliphatic rings. The molecule has 5 heteroatoms. The van der Waals surface area contributed by atoms with Crippen LogP contribution in [0.1, 0.15) is 26.8 Å². The van der Waals surface area contributed by atoms with Gasteiger partial charge in [0, 0.05) is 25.7 Å². The Morgan fingerprint density at radius 1 is 1.35 bits per heavy atom. The minimum absolute atomic E-state index is 0.372. The smallest absolute Gasteiger partial charge is 0.157 e. The molecule has 5 nitrogen and oxygen atoms in total. The second-order valence-corrected chi connectivity index (χ2v) is 4.05. The molecule has 1 aromatic heterocycles. The van der Waals surface area contributed by atoms with Crippen molar-refractivity contribution in [3.8, 4) is 5.75 Å². The van der Waals surface area contributed by atoms with Crippen molar-refractivity contribution in [3.63, 3.8) is 0 Å². The molecule has 0 fully saturated rings. The third-order valence-corrected chi connectivity index (χ3v) is 2.28. The molecule has 0 amide bonds. The van der Waals surface area contributed by atoms with Gasteiger partial charge >= 0.3 is 0 Å². The number of ether oxygens (including phenoxy) is 2. The summed E-state index contributed by atoms with van der Waals surface area (Å²) in [7, 11) is 0. The topological polar surface area (TPSA) is 48.3 Å². The van der Waals surface area contributed by atoms with Gasteiger partial charge in [-0.05, 0) is 20.8 Å². The summed E-state index contributed by atoms with van der Waals surface area (Å²) >= 11 is 0. The SMILES string of the molecule is CCOCCNCCOc1cnn(C(C)C)c1. The van der Waals surface area contributed by atoms with Gasteiger partial charge in [0.05, 0.1) is 19.0 Å².